The monoisotopic (exact) mass is 306 g/mol. The Morgan fingerprint density at radius 2 is 1.91 bits per heavy atom. The summed E-state index contributed by atoms with van der Waals surface area (Å²) in [6, 6.07) is 7.97. The fraction of sp³-hybridized carbons (Fsp3) is 0.588. The minimum atomic E-state index is -0.268. The van der Waals surface area contributed by atoms with E-state index in [1.807, 2.05) is 24.3 Å². The molecule has 122 valence electrons. The lowest BCUT2D eigenvalue weighted by Gasteiger charge is -2.32. The molecule has 2 rings (SSSR count). The molecule has 1 aliphatic carbocycles. The predicted molar refractivity (Wildman–Crippen MR) is 85.8 cm³/mol. The average molecular weight is 306 g/mol. The van der Waals surface area contributed by atoms with Gasteiger partial charge in [0.1, 0.15) is 5.75 Å². The first kappa shape index (κ1) is 16.8. The van der Waals surface area contributed by atoms with Crippen LogP contribution in [0.2, 0.25) is 0 Å². The van der Waals surface area contributed by atoms with E-state index in [0.717, 1.165) is 37.0 Å². The minimum absolute atomic E-state index is 0.00461. The van der Waals surface area contributed by atoms with Crippen LogP contribution in [0.1, 0.15) is 37.7 Å². The van der Waals surface area contributed by atoms with Gasteiger partial charge in [0.05, 0.1) is 25.2 Å². The van der Waals surface area contributed by atoms with E-state index < -0.39 is 0 Å². The Hall–Kier alpha value is -1.59. The smallest absolute Gasteiger partial charge is 0.223 e. The zero-order chi connectivity index (χ0) is 16.0. The fourth-order valence-electron chi connectivity index (χ4n) is 3.16. The fourth-order valence-corrected chi connectivity index (χ4v) is 3.16. The Morgan fingerprint density at radius 1 is 1.27 bits per heavy atom. The molecule has 0 spiro atoms. The molecule has 1 amide bonds. The van der Waals surface area contributed by atoms with Gasteiger partial charge in [-0.15, -0.1) is 0 Å². The highest BCUT2D eigenvalue weighted by molar-refractivity contribution is 5.77. The predicted octanol–water partition coefficient (Wildman–Crippen LogP) is 1.94. The van der Waals surface area contributed by atoms with Crippen LogP contribution in [0.25, 0.3) is 0 Å². The van der Waals surface area contributed by atoms with Gasteiger partial charge >= 0.3 is 0 Å². The van der Waals surface area contributed by atoms with Crippen LogP contribution in [-0.2, 0) is 15.1 Å². The number of nitrogens with two attached hydrogens (primary N) is 1. The summed E-state index contributed by atoms with van der Waals surface area (Å²) in [5, 5.41) is 3.23. The lowest BCUT2D eigenvalue weighted by molar-refractivity contribution is -0.125. The van der Waals surface area contributed by atoms with Crippen molar-refractivity contribution < 1.29 is 14.3 Å². The van der Waals surface area contributed by atoms with Crippen molar-refractivity contribution in [1.82, 2.24) is 5.32 Å². The Balaban J connectivity index is 2.12. The van der Waals surface area contributed by atoms with E-state index >= 15 is 0 Å². The molecule has 22 heavy (non-hydrogen) atoms. The number of carbonyl (C=O) groups is 1. The molecule has 0 aliphatic heterocycles. The first-order valence-electron chi connectivity index (χ1n) is 7.82. The third-order valence-corrected chi connectivity index (χ3v) is 4.49. The lowest BCUT2D eigenvalue weighted by atomic mass is 9.87. The molecule has 1 aromatic carbocycles. The maximum Gasteiger partial charge on any atom is 0.223 e. The molecule has 0 aromatic heterocycles. The summed E-state index contributed by atoms with van der Waals surface area (Å²) in [6.45, 7) is 0.347. The van der Waals surface area contributed by atoms with Gasteiger partial charge < -0.3 is 20.5 Å². The highest BCUT2D eigenvalue weighted by atomic mass is 16.5. The second kappa shape index (κ2) is 7.61. The minimum Gasteiger partial charge on any atom is -0.497 e. The molecule has 1 saturated carbocycles. The first-order valence-corrected chi connectivity index (χ1v) is 7.82. The number of ether oxygens (including phenoxy) is 2. The van der Waals surface area contributed by atoms with Crippen LogP contribution in [-0.4, -0.2) is 32.8 Å². The highest BCUT2D eigenvalue weighted by Crippen LogP contribution is 2.39. The number of benzene rings is 1. The van der Waals surface area contributed by atoms with E-state index in [9.17, 15) is 4.79 Å². The number of nitrogens with one attached hydrogen (secondary N) is 1. The van der Waals surface area contributed by atoms with Crippen molar-refractivity contribution in [2.45, 2.75) is 43.7 Å². The van der Waals surface area contributed by atoms with Gasteiger partial charge in [-0.05, 0) is 30.5 Å². The second-order valence-corrected chi connectivity index (χ2v) is 5.86. The Morgan fingerprint density at radius 3 is 2.41 bits per heavy atom. The summed E-state index contributed by atoms with van der Waals surface area (Å²) in [7, 11) is 3.24. The molecule has 0 heterocycles. The van der Waals surface area contributed by atoms with Crippen LogP contribution < -0.4 is 15.8 Å². The van der Waals surface area contributed by atoms with E-state index in [2.05, 4.69) is 5.32 Å². The Labute approximate surface area is 132 Å². The number of rotatable bonds is 7. The maximum atomic E-state index is 12.4. The van der Waals surface area contributed by atoms with Crippen LogP contribution in [0, 0.1) is 0 Å². The van der Waals surface area contributed by atoms with Gasteiger partial charge in [-0.2, -0.15) is 0 Å². The van der Waals surface area contributed by atoms with Gasteiger partial charge in [0, 0.05) is 13.7 Å². The molecule has 1 aromatic rings. The molecule has 1 aliphatic rings. The standard InChI is InChI=1S/C17H26N2O3/c1-21-14-7-5-13(6-8-14)17(9-3-4-10-17)19-16(20)11-15(12-18)22-2/h5-8,15H,3-4,9-12,18H2,1-2H3,(H,19,20). The number of hydrogen-bond acceptors (Lipinski definition) is 4. The molecule has 3 N–H and O–H groups in total. The van der Waals surface area contributed by atoms with Crippen molar-refractivity contribution >= 4 is 5.91 Å². The number of hydrogen-bond donors (Lipinski definition) is 2. The molecule has 0 bridgehead atoms. The molecule has 5 nitrogen and oxygen atoms in total. The summed E-state index contributed by atoms with van der Waals surface area (Å²) in [6.07, 6.45) is 4.24. The largest absolute Gasteiger partial charge is 0.497 e. The third kappa shape index (κ3) is 3.78. The molecule has 5 heteroatoms. The van der Waals surface area contributed by atoms with Gasteiger partial charge in [0.25, 0.3) is 0 Å². The van der Waals surface area contributed by atoms with Gasteiger partial charge in [-0.3, -0.25) is 4.79 Å². The first-order chi connectivity index (χ1) is 10.6. The van der Waals surface area contributed by atoms with Crippen LogP contribution >= 0.6 is 0 Å². The number of methoxy groups -OCH3 is 2. The summed E-state index contributed by atoms with van der Waals surface area (Å²) in [5.74, 6) is 0.820. The molecule has 1 fully saturated rings. The normalized spacial score (nSPS) is 18.0. The Kier molecular flexibility index (Phi) is 5.80. The topological polar surface area (TPSA) is 73.6 Å². The quantitative estimate of drug-likeness (QED) is 0.807. The second-order valence-electron chi connectivity index (χ2n) is 5.86. The number of carbonyl (C=O) groups excluding carboxylic acids is 1. The SMILES string of the molecule is COc1ccc(C2(NC(=O)CC(CN)OC)CCCC2)cc1. The van der Waals surface area contributed by atoms with Crippen molar-refractivity contribution in [3.05, 3.63) is 29.8 Å². The van der Waals surface area contributed by atoms with Crippen LogP contribution in [0.5, 0.6) is 5.75 Å². The average Bonchev–Trinajstić information content (AvgIpc) is 3.02. The molecular weight excluding hydrogens is 280 g/mol. The van der Waals surface area contributed by atoms with E-state index in [-0.39, 0.29) is 17.6 Å². The van der Waals surface area contributed by atoms with E-state index in [4.69, 9.17) is 15.2 Å². The van der Waals surface area contributed by atoms with Crippen LogP contribution in [0.4, 0.5) is 0 Å². The van der Waals surface area contributed by atoms with Crippen molar-refractivity contribution in [3.8, 4) is 5.75 Å². The lowest BCUT2D eigenvalue weighted by Crippen LogP contribution is -2.45. The van der Waals surface area contributed by atoms with Crippen molar-refractivity contribution in [1.29, 1.82) is 0 Å². The highest BCUT2D eigenvalue weighted by Gasteiger charge is 2.37. The zero-order valence-electron chi connectivity index (χ0n) is 13.4. The van der Waals surface area contributed by atoms with E-state index in [1.54, 1.807) is 14.2 Å². The van der Waals surface area contributed by atoms with Gasteiger partial charge in [-0.1, -0.05) is 25.0 Å². The zero-order valence-corrected chi connectivity index (χ0v) is 13.4. The van der Waals surface area contributed by atoms with Crippen molar-refractivity contribution in [2.75, 3.05) is 20.8 Å². The van der Waals surface area contributed by atoms with Crippen molar-refractivity contribution in [3.63, 3.8) is 0 Å². The van der Waals surface area contributed by atoms with Gasteiger partial charge in [0.2, 0.25) is 5.91 Å². The summed E-state index contributed by atoms with van der Waals surface area (Å²) < 4.78 is 10.4. The van der Waals surface area contributed by atoms with Crippen LogP contribution in [0.3, 0.4) is 0 Å². The van der Waals surface area contributed by atoms with Gasteiger partial charge in [-0.25, -0.2) is 0 Å². The van der Waals surface area contributed by atoms with E-state index in [1.165, 1.54) is 0 Å². The molecule has 0 radical (unpaired) electrons. The van der Waals surface area contributed by atoms with Crippen LogP contribution in [0.15, 0.2) is 24.3 Å². The van der Waals surface area contributed by atoms with Crippen molar-refractivity contribution in [2.24, 2.45) is 5.73 Å². The van der Waals surface area contributed by atoms with Gasteiger partial charge in [0.15, 0.2) is 0 Å². The summed E-state index contributed by atoms with van der Waals surface area (Å²) in [4.78, 5) is 12.4. The Bertz CT molecular complexity index is 477. The summed E-state index contributed by atoms with van der Waals surface area (Å²) >= 11 is 0. The summed E-state index contributed by atoms with van der Waals surface area (Å²) in [5.41, 5.74) is 6.47. The van der Waals surface area contributed by atoms with E-state index in [0.29, 0.717) is 13.0 Å². The molecule has 1 unspecified atom stereocenters. The molecule has 1 atom stereocenters. The molecule has 0 saturated heterocycles. The third-order valence-electron chi connectivity index (χ3n) is 4.49. The maximum absolute atomic E-state index is 12.4. The number of amides is 1. The molecular formula is C17H26N2O3.